The molecule has 0 aromatic heterocycles. The molecule has 3 heteroatoms. The van der Waals surface area contributed by atoms with E-state index in [-0.39, 0.29) is 5.54 Å². The number of hydrogen-bond acceptors (Lipinski definition) is 3. The predicted molar refractivity (Wildman–Crippen MR) is 82.4 cm³/mol. The fourth-order valence-electron chi connectivity index (χ4n) is 1.89. The van der Waals surface area contributed by atoms with Gasteiger partial charge in [0.25, 0.3) is 0 Å². The molecule has 108 valence electrons. The van der Waals surface area contributed by atoms with Crippen molar-refractivity contribution in [2.45, 2.75) is 52.5 Å². The van der Waals surface area contributed by atoms with Crippen LogP contribution in [0, 0.1) is 6.92 Å². The maximum atomic E-state index is 5.51. The van der Waals surface area contributed by atoms with Crippen molar-refractivity contribution < 1.29 is 4.74 Å². The first-order valence-corrected chi connectivity index (χ1v) is 7.21. The van der Waals surface area contributed by atoms with Crippen molar-refractivity contribution in [2.24, 2.45) is 0 Å². The van der Waals surface area contributed by atoms with Crippen LogP contribution >= 0.6 is 0 Å². The minimum atomic E-state index is 0.0549. The number of ether oxygens (including phenoxy) is 1. The summed E-state index contributed by atoms with van der Waals surface area (Å²) in [5.74, 6) is 0. The van der Waals surface area contributed by atoms with E-state index in [1.54, 1.807) is 0 Å². The second-order valence-corrected chi connectivity index (χ2v) is 5.72. The van der Waals surface area contributed by atoms with Gasteiger partial charge in [0.1, 0.15) is 0 Å². The van der Waals surface area contributed by atoms with Gasteiger partial charge in [-0.1, -0.05) is 19.1 Å². The monoisotopic (exact) mass is 264 g/mol. The lowest BCUT2D eigenvalue weighted by Gasteiger charge is -2.27. The average Bonchev–Trinajstić information content (AvgIpc) is 2.36. The number of hydrogen-bond donors (Lipinski definition) is 2. The van der Waals surface area contributed by atoms with Crippen LogP contribution in [0.3, 0.4) is 0 Å². The van der Waals surface area contributed by atoms with Crippen LogP contribution in [0.5, 0.6) is 0 Å². The smallest absolute Gasteiger partial charge is 0.0490 e. The van der Waals surface area contributed by atoms with Gasteiger partial charge in [-0.15, -0.1) is 0 Å². The van der Waals surface area contributed by atoms with Crippen LogP contribution < -0.4 is 10.9 Å². The largest absolute Gasteiger partial charge is 0.381 e. The molecule has 0 aliphatic rings. The highest BCUT2D eigenvalue weighted by Gasteiger charge is 2.16. The van der Waals surface area contributed by atoms with E-state index in [1.807, 2.05) is 0 Å². The Bertz CT molecular complexity index is 364. The molecular formula is C16H28N2O. The third kappa shape index (κ3) is 7.19. The first-order chi connectivity index (χ1) is 9.03. The molecule has 3 nitrogen and oxygen atoms in total. The Morgan fingerprint density at radius 2 is 2.00 bits per heavy atom. The molecule has 0 radical (unpaired) electrons. The van der Waals surface area contributed by atoms with Crippen molar-refractivity contribution in [3.05, 3.63) is 29.8 Å². The van der Waals surface area contributed by atoms with E-state index >= 15 is 0 Å². The molecule has 0 fully saturated rings. The van der Waals surface area contributed by atoms with Crippen LogP contribution in [0.4, 0.5) is 5.69 Å². The molecule has 1 rings (SSSR count). The van der Waals surface area contributed by atoms with E-state index in [4.69, 9.17) is 4.74 Å². The van der Waals surface area contributed by atoms with E-state index in [1.165, 1.54) is 5.56 Å². The summed E-state index contributed by atoms with van der Waals surface area (Å²) in [7, 11) is 0. The van der Waals surface area contributed by atoms with E-state index in [2.05, 4.69) is 62.8 Å². The Kier molecular flexibility index (Phi) is 6.89. The maximum Gasteiger partial charge on any atom is 0.0490 e. The normalized spacial score (nSPS) is 11.6. The summed E-state index contributed by atoms with van der Waals surface area (Å²) in [6, 6.07) is 8.36. The zero-order valence-electron chi connectivity index (χ0n) is 12.8. The van der Waals surface area contributed by atoms with Gasteiger partial charge in [0.05, 0.1) is 0 Å². The molecule has 2 N–H and O–H groups in total. The zero-order chi connectivity index (χ0) is 14.1. The molecule has 0 saturated carbocycles. The number of nitrogens with one attached hydrogen (secondary N) is 2. The van der Waals surface area contributed by atoms with Gasteiger partial charge in [-0.2, -0.15) is 0 Å². The molecule has 0 unspecified atom stereocenters. The lowest BCUT2D eigenvalue weighted by Crippen LogP contribution is -2.43. The van der Waals surface area contributed by atoms with Gasteiger partial charge in [-0.05, 0) is 57.7 Å². The van der Waals surface area contributed by atoms with Crippen LogP contribution in [0.15, 0.2) is 24.3 Å². The van der Waals surface area contributed by atoms with Crippen molar-refractivity contribution >= 4 is 5.69 Å². The summed E-state index contributed by atoms with van der Waals surface area (Å²) in [6.45, 7) is 10.4. The van der Waals surface area contributed by atoms with Crippen molar-refractivity contribution in [1.82, 2.24) is 5.43 Å². The van der Waals surface area contributed by atoms with Crippen LogP contribution in [-0.4, -0.2) is 18.8 Å². The Morgan fingerprint density at radius 3 is 2.68 bits per heavy atom. The van der Waals surface area contributed by atoms with Gasteiger partial charge >= 0.3 is 0 Å². The fourth-order valence-corrected chi connectivity index (χ4v) is 1.89. The molecule has 0 aliphatic carbocycles. The van der Waals surface area contributed by atoms with Crippen LogP contribution in [-0.2, 0) is 4.74 Å². The second kappa shape index (κ2) is 8.18. The lowest BCUT2D eigenvalue weighted by atomic mass is 10.00. The van der Waals surface area contributed by atoms with Gasteiger partial charge in [-0.3, -0.25) is 0 Å². The molecular weight excluding hydrogens is 236 g/mol. The molecule has 0 bridgehead atoms. The highest BCUT2D eigenvalue weighted by Crippen LogP contribution is 2.13. The Morgan fingerprint density at radius 1 is 1.21 bits per heavy atom. The van der Waals surface area contributed by atoms with E-state index in [0.29, 0.717) is 0 Å². The number of rotatable bonds is 9. The highest BCUT2D eigenvalue weighted by molar-refractivity contribution is 5.44. The molecule has 0 heterocycles. The standard InChI is InChI=1S/C16H28N2O/c1-5-11-19-12-7-10-16(3,4)18-17-15-9-6-8-14(2)13-15/h6,8-9,13,17-18H,5,7,10-12H2,1-4H3. The first-order valence-electron chi connectivity index (χ1n) is 7.21. The molecule has 0 amide bonds. The summed E-state index contributed by atoms with van der Waals surface area (Å²) in [4.78, 5) is 0. The lowest BCUT2D eigenvalue weighted by molar-refractivity contribution is 0.125. The second-order valence-electron chi connectivity index (χ2n) is 5.72. The first kappa shape index (κ1) is 16.0. The molecule has 0 spiro atoms. The Labute approximate surface area is 117 Å². The zero-order valence-corrected chi connectivity index (χ0v) is 12.8. The quantitative estimate of drug-likeness (QED) is 0.524. The summed E-state index contributed by atoms with van der Waals surface area (Å²) < 4.78 is 5.51. The third-order valence-electron chi connectivity index (χ3n) is 3.00. The van der Waals surface area contributed by atoms with E-state index in [0.717, 1.165) is 38.2 Å². The molecule has 0 aliphatic heterocycles. The van der Waals surface area contributed by atoms with Crippen LogP contribution in [0.2, 0.25) is 0 Å². The molecule has 1 aromatic rings. The molecule has 0 saturated heterocycles. The van der Waals surface area contributed by atoms with Crippen molar-refractivity contribution in [3.63, 3.8) is 0 Å². The van der Waals surface area contributed by atoms with Crippen LogP contribution in [0.1, 0.15) is 45.6 Å². The van der Waals surface area contributed by atoms with Gasteiger partial charge in [0.15, 0.2) is 0 Å². The number of anilines is 1. The topological polar surface area (TPSA) is 33.3 Å². The fraction of sp³-hybridized carbons (Fsp3) is 0.625. The third-order valence-corrected chi connectivity index (χ3v) is 3.00. The van der Waals surface area contributed by atoms with Gasteiger partial charge in [-0.25, -0.2) is 5.43 Å². The van der Waals surface area contributed by atoms with Crippen LogP contribution in [0.25, 0.3) is 0 Å². The number of benzene rings is 1. The highest BCUT2D eigenvalue weighted by atomic mass is 16.5. The number of aryl methyl sites for hydroxylation is 1. The Balaban J connectivity index is 2.26. The predicted octanol–water partition coefficient (Wildman–Crippen LogP) is 3.90. The molecule has 0 atom stereocenters. The summed E-state index contributed by atoms with van der Waals surface area (Å²) >= 11 is 0. The molecule has 1 aromatic carbocycles. The Hall–Kier alpha value is -1.06. The van der Waals surface area contributed by atoms with Crippen molar-refractivity contribution in [3.8, 4) is 0 Å². The van der Waals surface area contributed by atoms with Gasteiger partial charge < -0.3 is 10.2 Å². The maximum absolute atomic E-state index is 5.51. The summed E-state index contributed by atoms with van der Waals surface area (Å²) in [5, 5.41) is 0. The van der Waals surface area contributed by atoms with Gasteiger partial charge in [0, 0.05) is 24.4 Å². The minimum Gasteiger partial charge on any atom is -0.381 e. The summed E-state index contributed by atoms with van der Waals surface area (Å²) in [6.07, 6.45) is 3.25. The van der Waals surface area contributed by atoms with Crippen molar-refractivity contribution in [1.29, 1.82) is 0 Å². The summed E-state index contributed by atoms with van der Waals surface area (Å²) in [5.41, 5.74) is 9.10. The van der Waals surface area contributed by atoms with E-state index in [9.17, 15) is 0 Å². The van der Waals surface area contributed by atoms with Crippen molar-refractivity contribution in [2.75, 3.05) is 18.6 Å². The SMILES string of the molecule is CCCOCCCC(C)(C)NNc1cccc(C)c1. The van der Waals surface area contributed by atoms with Gasteiger partial charge in [0.2, 0.25) is 0 Å². The van der Waals surface area contributed by atoms with E-state index < -0.39 is 0 Å². The molecule has 19 heavy (non-hydrogen) atoms. The average molecular weight is 264 g/mol. The number of hydrazine groups is 1. The minimum absolute atomic E-state index is 0.0549.